The van der Waals surface area contributed by atoms with E-state index in [1.165, 1.54) is 25.3 Å². The molecule has 0 N–H and O–H groups in total. The number of methoxy groups -OCH3 is 1. The molecule has 0 aliphatic carbocycles. The second kappa shape index (κ2) is 5.65. The van der Waals surface area contributed by atoms with Crippen LogP contribution < -0.4 is 9.47 Å². The fourth-order valence-electron chi connectivity index (χ4n) is 1.31. The monoisotopic (exact) mass is 255 g/mol. The molecule has 0 amide bonds. The third kappa shape index (κ3) is 3.31. The summed E-state index contributed by atoms with van der Waals surface area (Å²) in [5, 5.41) is 10.7. The van der Waals surface area contributed by atoms with Gasteiger partial charge in [0.25, 0.3) is 5.69 Å². The van der Waals surface area contributed by atoms with E-state index in [2.05, 4.69) is 0 Å². The maximum absolute atomic E-state index is 10.7. The normalized spacial score (nSPS) is 17.3. The van der Waals surface area contributed by atoms with E-state index in [-0.39, 0.29) is 18.6 Å². The van der Waals surface area contributed by atoms with Crippen molar-refractivity contribution in [3.63, 3.8) is 0 Å². The lowest BCUT2D eigenvalue weighted by Gasteiger charge is -2.11. The smallest absolute Gasteiger partial charge is 0.273 e. The predicted octanol–water partition coefficient (Wildman–Crippen LogP) is 1.36. The average Bonchev–Trinajstić information content (AvgIpc) is 3.18. The number of hydrogen-bond acceptors (Lipinski definition) is 6. The molecule has 1 aromatic carbocycles. The van der Waals surface area contributed by atoms with E-state index in [0.717, 1.165) is 0 Å². The van der Waals surface area contributed by atoms with Crippen molar-refractivity contribution in [2.24, 2.45) is 0 Å². The molecule has 1 heterocycles. The minimum Gasteiger partial charge on any atom is -0.487 e. The first-order valence-corrected chi connectivity index (χ1v) is 5.35. The van der Waals surface area contributed by atoms with Gasteiger partial charge in [-0.1, -0.05) is 0 Å². The Morgan fingerprint density at radius 3 is 2.83 bits per heavy atom. The highest BCUT2D eigenvalue weighted by Crippen LogP contribution is 2.32. The van der Waals surface area contributed by atoms with Crippen LogP contribution in [0.15, 0.2) is 18.2 Å². The molecule has 1 aliphatic heterocycles. The summed E-state index contributed by atoms with van der Waals surface area (Å²) in [5.41, 5.74) is -0.0496. The van der Waals surface area contributed by atoms with Crippen molar-refractivity contribution in [1.29, 1.82) is 0 Å². The molecule has 0 bridgehead atoms. The summed E-state index contributed by atoms with van der Waals surface area (Å²) in [5.74, 6) is 0.722. The van der Waals surface area contributed by atoms with Crippen LogP contribution in [0.4, 0.5) is 5.69 Å². The van der Waals surface area contributed by atoms with Crippen molar-refractivity contribution in [1.82, 2.24) is 0 Å². The first-order valence-electron chi connectivity index (χ1n) is 5.35. The van der Waals surface area contributed by atoms with Crippen molar-refractivity contribution in [3.8, 4) is 11.5 Å². The molecule has 1 unspecified atom stereocenters. The first kappa shape index (κ1) is 12.6. The van der Waals surface area contributed by atoms with Crippen LogP contribution in [0.5, 0.6) is 11.5 Å². The van der Waals surface area contributed by atoms with E-state index in [1.54, 1.807) is 0 Å². The van der Waals surface area contributed by atoms with Gasteiger partial charge in [0.2, 0.25) is 0 Å². The summed E-state index contributed by atoms with van der Waals surface area (Å²) in [6.45, 7) is 1.06. The second-order valence-corrected chi connectivity index (χ2v) is 3.71. The molecule has 7 heteroatoms. The highest BCUT2D eigenvalue weighted by atomic mass is 16.7. The lowest BCUT2D eigenvalue weighted by molar-refractivity contribution is -0.385. The number of non-ortho nitro benzene ring substituents is 1. The predicted molar refractivity (Wildman–Crippen MR) is 60.8 cm³/mol. The van der Waals surface area contributed by atoms with Crippen LogP contribution >= 0.6 is 0 Å². The summed E-state index contributed by atoms with van der Waals surface area (Å²) in [4.78, 5) is 10.2. The maximum atomic E-state index is 10.7. The lowest BCUT2D eigenvalue weighted by atomic mass is 10.3. The van der Waals surface area contributed by atoms with E-state index in [4.69, 9.17) is 18.9 Å². The quantitative estimate of drug-likeness (QED) is 0.316. The molecule has 98 valence electrons. The molecule has 1 fully saturated rings. The number of hydrogen-bond donors (Lipinski definition) is 0. The number of nitro benzene ring substituents is 1. The van der Waals surface area contributed by atoms with E-state index in [1.807, 2.05) is 0 Å². The van der Waals surface area contributed by atoms with Gasteiger partial charge in [-0.2, -0.15) is 0 Å². The van der Waals surface area contributed by atoms with Crippen LogP contribution in [-0.2, 0) is 9.47 Å². The summed E-state index contributed by atoms with van der Waals surface area (Å²) in [6, 6.07) is 4.17. The topological polar surface area (TPSA) is 83.4 Å². The van der Waals surface area contributed by atoms with Crippen molar-refractivity contribution in [3.05, 3.63) is 28.3 Å². The second-order valence-electron chi connectivity index (χ2n) is 3.71. The van der Waals surface area contributed by atoms with E-state index >= 15 is 0 Å². The molecule has 7 nitrogen and oxygen atoms in total. The largest absolute Gasteiger partial charge is 0.487 e. The Morgan fingerprint density at radius 1 is 1.44 bits per heavy atom. The third-order valence-corrected chi connectivity index (χ3v) is 2.30. The molecule has 1 atom stereocenters. The number of benzene rings is 1. The van der Waals surface area contributed by atoms with E-state index < -0.39 is 4.92 Å². The van der Waals surface area contributed by atoms with Gasteiger partial charge in [-0.3, -0.25) is 10.1 Å². The van der Waals surface area contributed by atoms with Gasteiger partial charge in [0.1, 0.15) is 12.7 Å². The van der Waals surface area contributed by atoms with Gasteiger partial charge >= 0.3 is 0 Å². The molecular weight excluding hydrogens is 242 g/mol. The Labute approximate surface area is 103 Å². The van der Waals surface area contributed by atoms with Gasteiger partial charge in [0.05, 0.1) is 17.6 Å². The number of nitrogens with zero attached hydrogens (tertiary/aromatic N) is 1. The van der Waals surface area contributed by atoms with Gasteiger partial charge in [-0.25, -0.2) is 0 Å². The van der Waals surface area contributed by atoms with E-state index in [9.17, 15) is 10.1 Å². The minimum absolute atomic E-state index is 0.0496. The molecular formula is C11H13NO6. The Morgan fingerprint density at radius 2 is 2.22 bits per heavy atom. The standard InChI is InChI=1S/C11H13NO6/c1-15-7-18-10-3-2-8(12(13)14)4-11(10)17-6-9-5-16-9/h2-4,9H,5-7H2,1H3. The summed E-state index contributed by atoms with van der Waals surface area (Å²) in [6.07, 6.45) is 0.0690. The summed E-state index contributed by atoms with van der Waals surface area (Å²) < 4.78 is 20.5. The lowest BCUT2D eigenvalue weighted by Crippen LogP contribution is -2.07. The van der Waals surface area contributed by atoms with Crippen LogP contribution in [-0.4, -0.2) is 38.1 Å². The van der Waals surface area contributed by atoms with Crippen LogP contribution in [0.1, 0.15) is 0 Å². The molecule has 1 aliphatic rings. The fourth-order valence-corrected chi connectivity index (χ4v) is 1.31. The van der Waals surface area contributed by atoms with Gasteiger partial charge in [-0.15, -0.1) is 0 Å². The SMILES string of the molecule is COCOc1ccc([N+](=O)[O-])cc1OCC1CO1. The van der Waals surface area contributed by atoms with Crippen LogP contribution in [0.25, 0.3) is 0 Å². The maximum Gasteiger partial charge on any atom is 0.273 e. The molecule has 0 saturated carbocycles. The number of ether oxygens (including phenoxy) is 4. The summed E-state index contributed by atoms with van der Waals surface area (Å²) in [7, 11) is 1.49. The first-order chi connectivity index (χ1) is 8.70. The molecule has 1 aromatic rings. The number of epoxide rings is 1. The molecule has 0 aromatic heterocycles. The zero-order valence-corrected chi connectivity index (χ0v) is 9.83. The molecule has 2 rings (SSSR count). The van der Waals surface area contributed by atoms with Crippen molar-refractivity contribution in [2.45, 2.75) is 6.10 Å². The van der Waals surface area contributed by atoms with Crippen LogP contribution in [0.3, 0.4) is 0 Å². The molecule has 0 radical (unpaired) electrons. The highest BCUT2D eigenvalue weighted by molar-refractivity contribution is 5.48. The molecule has 1 saturated heterocycles. The van der Waals surface area contributed by atoms with Crippen LogP contribution in [0, 0.1) is 10.1 Å². The van der Waals surface area contributed by atoms with Gasteiger partial charge in [0, 0.05) is 13.2 Å². The Hall–Kier alpha value is -1.86. The Bertz CT molecular complexity index is 432. The zero-order chi connectivity index (χ0) is 13.0. The Kier molecular flexibility index (Phi) is 3.96. The third-order valence-electron chi connectivity index (χ3n) is 2.30. The van der Waals surface area contributed by atoms with E-state index in [0.29, 0.717) is 24.7 Å². The number of rotatable bonds is 7. The van der Waals surface area contributed by atoms with Gasteiger partial charge in [0.15, 0.2) is 18.3 Å². The molecule has 18 heavy (non-hydrogen) atoms. The van der Waals surface area contributed by atoms with Gasteiger partial charge < -0.3 is 18.9 Å². The number of nitro groups is 1. The Balaban J connectivity index is 2.11. The fraction of sp³-hybridized carbons (Fsp3) is 0.455. The van der Waals surface area contributed by atoms with Crippen LogP contribution in [0.2, 0.25) is 0 Å². The zero-order valence-electron chi connectivity index (χ0n) is 9.83. The summed E-state index contributed by atoms with van der Waals surface area (Å²) >= 11 is 0. The van der Waals surface area contributed by atoms with Gasteiger partial charge in [-0.05, 0) is 6.07 Å². The highest BCUT2D eigenvalue weighted by Gasteiger charge is 2.24. The van der Waals surface area contributed by atoms with Crippen molar-refractivity contribution < 1.29 is 23.9 Å². The average molecular weight is 255 g/mol. The van der Waals surface area contributed by atoms with Crippen molar-refractivity contribution in [2.75, 3.05) is 27.1 Å². The van der Waals surface area contributed by atoms with Crippen molar-refractivity contribution >= 4 is 5.69 Å². The minimum atomic E-state index is -0.486. The molecule has 0 spiro atoms.